The lowest BCUT2D eigenvalue weighted by Crippen LogP contribution is -2.22. The van der Waals surface area contributed by atoms with Crippen molar-refractivity contribution in [2.75, 3.05) is 27.7 Å². The second kappa shape index (κ2) is 43.0. The smallest absolute Gasteiger partial charge is 0.263 e. The van der Waals surface area contributed by atoms with Gasteiger partial charge in [0.2, 0.25) is 0 Å². The molecular weight excluding hydrogens is 1850 g/mol. The van der Waals surface area contributed by atoms with Crippen molar-refractivity contribution in [1.29, 1.82) is 0 Å². The first-order valence-electron chi connectivity index (χ1n) is 33.2. The summed E-state index contributed by atoms with van der Waals surface area (Å²) in [5.74, 6) is -0.335. The molecule has 1 saturated carbocycles. The van der Waals surface area contributed by atoms with Crippen molar-refractivity contribution in [3.05, 3.63) is 236 Å². The van der Waals surface area contributed by atoms with Crippen LogP contribution in [-0.4, -0.2) is 133 Å². The minimum absolute atomic E-state index is 0. The molecular formula is C74H68BrCl13N16O10S. The Morgan fingerprint density at radius 3 is 1.49 bits per heavy atom. The number of pyridine rings is 4. The van der Waals surface area contributed by atoms with Gasteiger partial charge in [-0.05, 0) is 121 Å². The fraction of sp³-hybridized carbons (Fsp3) is 0.216. The molecule has 0 radical (unpaired) electrons. The van der Waals surface area contributed by atoms with Gasteiger partial charge in [-0.15, -0.1) is 65.5 Å². The van der Waals surface area contributed by atoms with Crippen molar-refractivity contribution in [3.63, 3.8) is 0 Å². The quantitative estimate of drug-likeness (QED) is 0.0531. The summed E-state index contributed by atoms with van der Waals surface area (Å²) in [6.45, 7) is 8.70. The number of amides is 1. The third kappa shape index (κ3) is 23.1. The molecule has 0 spiro atoms. The van der Waals surface area contributed by atoms with Crippen LogP contribution in [0.15, 0.2) is 130 Å². The van der Waals surface area contributed by atoms with E-state index in [0.717, 1.165) is 40.6 Å². The van der Waals surface area contributed by atoms with Crippen molar-refractivity contribution < 1.29 is 35.4 Å². The van der Waals surface area contributed by atoms with E-state index in [-0.39, 0.29) is 191 Å². The van der Waals surface area contributed by atoms with Crippen LogP contribution in [0.4, 0.5) is 0 Å². The molecule has 1 fully saturated rings. The number of benzene rings is 5. The van der Waals surface area contributed by atoms with E-state index in [1.165, 1.54) is 76.0 Å². The summed E-state index contributed by atoms with van der Waals surface area (Å²) in [5.41, 5.74) is 5.26. The molecule has 14 aromatic rings. The Hall–Kier alpha value is -7.95. The van der Waals surface area contributed by atoms with E-state index in [1.807, 2.05) is 70.4 Å². The average Bonchev–Trinajstić information content (AvgIpc) is 1.47. The molecule has 115 heavy (non-hydrogen) atoms. The zero-order valence-electron chi connectivity index (χ0n) is 60.8. The Balaban J connectivity index is 0.000000214. The number of fused-ring (bicyclic) bond motifs is 6. The molecule has 41 heteroatoms. The number of phenols is 5. The Morgan fingerprint density at radius 2 is 1.00 bits per heavy atom. The van der Waals surface area contributed by atoms with E-state index in [9.17, 15) is 49.8 Å². The number of nitrogens with zero attached hydrogens (tertiary/aromatic N) is 14. The van der Waals surface area contributed by atoms with Crippen LogP contribution in [0.1, 0.15) is 70.5 Å². The van der Waals surface area contributed by atoms with Crippen LogP contribution in [0.2, 0.25) is 50.2 Å². The molecule has 0 aliphatic heterocycles. The average molecular weight is 1910 g/mol. The van der Waals surface area contributed by atoms with E-state index in [0.29, 0.717) is 99.2 Å². The maximum atomic E-state index is 12.5. The molecule has 0 unspecified atom stereocenters. The van der Waals surface area contributed by atoms with Gasteiger partial charge < -0.3 is 46.2 Å². The maximum absolute atomic E-state index is 12.5. The van der Waals surface area contributed by atoms with Crippen LogP contribution in [0.5, 0.6) is 34.5 Å². The minimum atomic E-state index is -0.359. The van der Waals surface area contributed by atoms with E-state index in [2.05, 4.69) is 60.5 Å². The summed E-state index contributed by atoms with van der Waals surface area (Å²) in [6, 6.07) is 17.8. The molecule has 9 heterocycles. The van der Waals surface area contributed by atoms with Gasteiger partial charge in [-0.25, -0.2) is 29.9 Å². The molecule has 1 amide bonds. The lowest BCUT2D eigenvalue weighted by Gasteiger charge is -2.10. The Kier molecular flexibility index (Phi) is 35.8. The highest BCUT2D eigenvalue weighted by Gasteiger charge is 2.25. The van der Waals surface area contributed by atoms with Crippen LogP contribution < -0.4 is 27.3 Å². The molecule has 9 aromatic heterocycles. The van der Waals surface area contributed by atoms with Crippen LogP contribution in [0.3, 0.4) is 0 Å². The molecule has 0 atom stereocenters. The summed E-state index contributed by atoms with van der Waals surface area (Å²) in [7, 11) is 5.68. The predicted molar refractivity (Wildman–Crippen MR) is 471 cm³/mol. The Bertz CT molecular complexity index is 6080. The molecule has 608 valence electrons. The van der Waals surface area contributed by atoms with Gasteiger partial charge in [-0.3, -0.25) is 52.8 Å². The second-order valence-electron chi connectivity index (χ2n) is 24.7. The zero-order valence-corrected chi connectivity index (χ0v) is 73.3. The van der Waals surface area contributed by atoms with E-state index >= 15 is 0 Å². The topological polar surface area (TPSA) is 361 Å². The third-order valence-corrected chi connectivity index (χ3v) is 20.1. The van der Waals surface area contributed by atoms with Gasteiger partial charge in [-0.2, -0.15) is 0 Å². The number of carbonyl (C=O) groups excluding carboxylic acids is 1. The number of phenolic OH excluding ortho intramolecular Hbond substituents is 5. The number of rotatable bonds is 13. The second-order valence-corrected chi connectivity index (χ2v) is 29.9. The number of aromatic hydroxyl groups is 6. The van der Waals surface area contributed by atoms with Crippen molar-refractivity contribution in [1.82, 2.24) is 79.1 Å². The summed E-state index contributed by atoms with van der Waals surface area (Å²) >= 11 is 60.7. The molecule has 5 aromatic carbocycles. The normalized spacial score (nSPS) is 11.3. The Morgan fingerprint density at radius 1 is 0.513 bits per heavy atom. The van der Waals surface area contributed by atoms with Gasteiger partial charge in [0, 0.05) is 60.9 Å². The highest BCUT2D eigenvalue weighted by molar-refractivity contribution is 8.93. The fourth-order valence-electron chi connectivity index (χ4n) is 10.8. The maximum Gasteiger partial charge on any atom is 0.263 e. The Labute approximate surface area is 738 Å². The first-order valence-corrected chi connectivity index (χ1v) is 37.9. The highest BCUT2D eigenvalue weighted by Crippen LogP contribution is 2.40. The van der Waals surface area contributed by atoms with Crippen molar-refractivity contribution in [3.8, 4) is 34.5 Å². The van der Waals surface area contributed by atoms with Crippen molar-refractivity contribution in [2.45, 2.75) is 72.8 Å². The number of thiazole rings is 1. The lowest BCUT2D eigenvalue weighted by atomic mass is 10.1. The molecule has 0 bridgehead atoms. The number of nitrogens with one attached hydrogen (secondary N) is 2. The molecule has 26 nitrogen and oxygen atoms in total. The first kappa shape index (κ1) is 95.9. The standard InChI is InChI=1S/C14H9Cl2N3O2.C13H9Cl2N3O2S.C13H15N3O2.C12H10Cl2N2O2.C11H11Cl2N3O.C11H10Cl2N2O.BrH.3ClH/c15-9-5-10(16)13(20)12-11(9)14(21)19(7-18-12)6-8-3-1-2-4-17-8;1-6-17-7(4-21-6)3-18-5-16-11-10(13(18)20)8(14)2-9(15)12(11)19;1-3-10-12(17)11-8(6-15-10)5-9(7-16-11)13(18)14-4-2;13-7-3-8(14)11(17)10-9(7)12(18)16(5-15-10)4-6-1-2-6;1-16(2)5-6-4-14-9-7(12)3-8(13)11(17)10(9)15-6;1-14-5-6-2-3-7-8(12)4-9(13)11(16)10(7)15-6;;;;/h1-5,7,20H,6H2;2,4-5,19H,3H2,1H3;5-7,17H,3-4H2,1-2H3,(H,14,18);3,5-6,17H,1-2,4H2;3-4,17H,5H2,1-2H3;2-4,14,16H,5H2,1H3;4*1H. The summed E-state index contributed by atoms with van der Waals surface area (Å²) in [4.78, 5) is 92.7. The molecule has 8 N–H and O–H groups in total. The van der Waals surface area contributed by atoms with Crippen LogP contribution >= 0.6 is 182 Å². The number of hydrogen-bond donors (Lipinski definition) is 8. The highest BCUT2D eigenvalue weighted by atomic mass is 79.9. The first-order chi connectivity index (χ1) is 52.9. The lowest BCUT2D eigenvalue weighted by molar-refractivity contribution is 0.0955. The van der Waals surface area contributed by atoms with Gasteiger partial charge in [0.25, 0.3) is 22.6 Å². The molecule has 15 rings (SSSR count). The number of aryl methyl sites for hydroxylation is 2. The van der Waals surface area contributed by atoms with Crippen molar-refractivity contribution >= 4 is 253 Å². The van der Waals surface area contributed by atoms with Gasteiger partial charge in [0.05, 0.1) is 144 Å². The van der Waals surface area contributed by atoms with Gasteiger partial charge in [0.15, 0.2) is 34.5 Å². The van der Waals surface area contributed by atoms with Crippen LogP contribution in [0.25, 0.3) is 65.5 Å². The molecule has 1 aliphatic carbocycles. The minimum Gasteiger partial charge on any atom is -0.504 e. The predicted octanol–water partition coefficient (Wildman–Crippen LogP) is 18.1. The van der Waals surface area contributed by atoms with E-state index < -0.39 is 0 Å². The number of halogens is 14. The summed E-state index contributed by atoms with van der Waals surface area (Å²) < 4.78 is 4.32. The summed E-state index contributed by atoms with van der Waals surface area (Å²) in [5, 5.41) is 71.5. The molecule has 0 saturated heterocycles. The monoisotopic (exact) mass is 1910 g/mol. The van der Waals surface area contributed by atoms with Gasteiger partial charge in [0.1, 0.15) is 38.6 Å². The number of carbonyl (C=O) groups is 1. The van der Waals surface area contributed by atoms with E-state index in [1.54, 1.807) is 41.4 Å². The van der Waals surface area contributed by atoms with Crippen LogP contribution in [0, 0.1) is 12.8 Å². The zero-order chi connectivity index (χ0) is 80.4. The largest absolute Gasteiger partial charge is 0.504 e. The fourth-order valence-corrected chi connectivity index (χ4v) is 14.0. The van der Waals surface area contributed by atoms with Crippen molar-refractivity contribution in [2.24, 2.45) is 5.92 Å². The van der Waals surface area contributed by atoms with E-state index in [4.69, 9.17) is 116 Å². The summed E-state index contributed by atoms with van der Waals surface area (Å²) in [6.07, 6.45) is 13.4. The molecule has 1 aliphatic rings. The third-order valence-electron chi connectivity index (χ3n) is 16.4. The van der Waals surface area contributed by atoms with Gasteiger partial charge >= 0.3 is 0 Å². The SMILES string of the molecule is Br.CCNC(=O)c1cnc2c(O)c(CC)ncc2c1.CN(C)Cc1cnc2c(Cl)cc(Cl)c(O)c2n1.CNCc1ccc2c(Cl)cc(Cl)c(O)c2n1.Cc1nc(Cn2cnc3c(O)c(Cl)cc(Cl)c3c2=O)cs1.Cl.Cl.Cl.O=c1c2c(Cl)cc(Cl)c(O)c2ncn1CC1CC1.O=c1c2c(Cl)cc(Cl)c(O)c2ncn1Cc1ccccn1. The number of aromatic nitrogens is 13. The van der Waals surface area contributed by atoms with Gasteiger partial charge in [-0.1, -0.05) is 129 Å². The number of hydrogen-bond acceptors (Lipinski definition) is 23. The van der Waals surface area contributed by atoms with Crippen LogP contribution in [-0.2, 0) is 39.1 Å².